The molecule has 0 spiro atoms. The van der Waals surface area contributed by atoms with Crippen LogP contribution in [0.25, 0.3) is 0 Å². The molecule has 1 heteroatoms. The van der Waals surface area contributed by atoms with E-state index in [1.54, 1.807) is 0 Å². The maximum Gasteiger partial charge on any atom is 0.0421 e. The molecule has 0 aromatic heterocycles. The maximum absolute atomic E-state index is 6.18. The number of alkyl halides is 1. The van der Waals surface area contributed by atoms with Crippen molar-refractivity contribution in [2.45, 2.75) is 39.5 Å². The topological polar surface area (TPSA) is 0 Å². The van der Waals surface area contributed by atoms with Crippen molar-refractivity contribution in [2.24, 2.45) is 11.8 Å². The highest BCUT2D eigenvalue weighted by Gasteiger charge is 2.25. The Morgan fingerprint density at radius 1 is 1.27 bits per heavy atom. The van der Waals surface area contributed by atoms with Crippen molar-refractivity contribution < 1.29 is 0 Å². The monoisotopic (exact) mass is 174 g/mol. The summed E-state index contributed by atoms with van der Waals surface area (Å²) in [7, 11) is 0. The zero-order valence-corrected chi connectivity index (χ0v) is 8.94. The number of halogens is 1. The van der Waals surface area contributed by atoms with E-state index in [1.165, 1.54) is 0 Å². The molecular formula is C10H19Cl. The fourth-order valence-electron chi connectivity index (χ4n) is 1.10. The molecule has 0 aliphatic carbocycles. The van der Waals surface area contributed by atoms with E-state index < -0.39 is 0 Å². The Kier molecular flexibility index (Phi) is 4.17. The fraction of sp³-hybridized carbons (Fsp3) is 0.800. The highest BCUT2D eigenvalue weighted by molar-refractivity contribution is 6.23. The molecule has 0 radical (unpaired) electrons. The van der Waals surface area contributed by atoms with Crippen LogP contribution in [-0.2, 0) is 0 Å². The minimum absolute atomic E-state index is 0.0983. The Hall–Kier alpha value is 0.0300. The molecule has 0 aliphatic rings. The summed E-state index contributed by atoms with van der Waals surface area (Å²) < 4.78 is 0. The lowest BCUT2D eigenvalue weighted by Crippen LogP contribution is -2.26. The Balaban J connectivity index is 4.13. The lowest BCUT2D eigenvalue weighted by atomic mass is 9.85. The van der Waals surface area contributed by atoms with Gasteiger partial charge in [-0.05, 0) is 32.6 Å². The van der Waals surface area contributed by atoms with Crippen LogP contribution in [0.3, 0.4) is 0 Å². The van der Waals surface area contributed by atoms with Gasteiger partial charge >= 0.3 is 0 Å². The molecule has 2 atom stereocenters. The van der Waals surface area contributed by atoms with E-state index in [2.05, 4.69) is 39.8 Å². The van der Waals surface area contributed by atoms with Crippen LogP contribution in [0, 0.1) is 11.8 Å². The minimum Gasteiger partial charge on any atom is -0.120 e. The van der Waals surface area contributed by atoms with Crippen molar-refractivity contribution in [1.82, 2.24) is 0 Å². The van der Waals surface area contributed by atoms with Gasteiger partial charge in [0.05, 0.1) is 0 Å². The third kappa shape index (κ3) is 3.81. The largest absolute Gasteiger partial charge is 0.120 e. The summed E-state index contributed by atoms with van der Waals surface area (Å²) in [6.07, 6.45) is 4.29. The molecule has 11 heavy (non-hydrogen) atoms. The van der Waals surface area contributed by atoms with E-state index in [-0.39, 0.29) is 4.87 Å². The zero-order chi connectivity index (χ0) is 9.07. The molecule has 0 saturated heterocycles. The quantitative estimate of drug-likeness (QED) is 0.451. The lowest BCUT2D eigenvalue weighted by Gasteiger charge is -2.28. The first kappa shape index (κ1) is 11.0. The van der Waals surface area contributed by atoms with Crippen molar-refractivity contribution in [3.05, 3.63) is 12.2 Å². The average molecular weight is 175 g/mol. The summed E-state index contributed by atoms with van der Waals surface area (Å²) in [4.78, 5) is -0.0983. The van der Waals surface area contributed by atoms with Crippen molar-refractivity contribution in [3.63, 3.8) is 0 Å². The van der Waals surface area contributed by atoms with Gasteiger partial charge < -0.3 is 0 Å². The average Bonchev–Trinajstić information content (AvgIpc) is 1.85. The molecule has 0 aromatic rings. The molecule has 0 N–H and O–H groups in total. The highest BCUT2D eigenvalue weighted by Crippen LogP contribution is 2.30. The van der Waals surface area contributed by atoms with E-state index >= 15 is 0 Å². The van der Waals surface area contributed by atoms with Gasteiger partial charge in [-0.25, -0.2) is 0 Å². The third-order valence-corrected chi connectivity index (χ3v) is 2.71. The molecule has 0 aromatic carbocycles. The van der Waals surface area contributed by atoms with Crippen LogP contribution in [0.4, 0.5) is 0 Å². The van der Waals surface area contributed by atoms with Crippen LogP contribution in [0.5, 0.6) is 0 Å². The summed E-state index contributed by atoms with van der Waals surface area (Å²) in [6, 6.07) is 0. The Labute approximate surface area is 75.6 Å². The Morgan fingerprint density at radius 3 is 2.00 bits per heavy atom. The van der Waals surface area contributed by atoms with Gasteiger partial charge in [-0.3, -0.25) is 0 Å². The molecule has 0 rings (SSSR count). The molecule has 0 saturated carbocycles. The zero-order valence-electron chi connectivity index (χ0n) is 8.19. The van der Waals surface area contributed by atoms with Crippen LogP contribution in [-0.4, -0.2) is 4.87 Å². The van der Waals surface area contributed by atoms with Gasteiger partial charge in [0.2, 0.25) is 0 Å². The molecule has 0 fully saturated rings. The summed E-state index contributed by atoms with van der Waals surface area (Å²) in [5.74, 6) is 1.08. The van der Waals surface area contributed by atoms with Crippen LogP contribution in [0.15, 0.2) is 12.2 Å². The molecule has 66 valence electrons. The van der Waals surface area contributed by atoms with E-state index in [4.69, 9.17) is 11.6 Å². The summed E-state index contributed by atoms with van der Waals surface area (Å²) in [6.45, 7) is 10.6. The number of rotatable bonds is 3. The van der Waals surface area contributed by atoms with Crippen LogP contribution in [0.2, 0.25) is 0 Å². The maximum atomic E-state index is 6.18. The van der Waals surface area contributed by atoms with E-state index in [9.17, 15) is 0 Å². The number of hydrogen-bond donors (Lipinski definition) is 0. The second-order valence-corrected chi connectivity index (χ2v) is 4.71. The molecule has 0 nitrogen and oxygen atoms in total. The Bertz CT molecular complexity index is 130. The second-order valence-electron chi connectivity index (χ2n) is 3.74. The minimum atomic E-state index is -0.0983. The first-order valence-corrected chi connectivity index (χ1v) is 4.59. The van der Waals surface area contributed by atoms with Gasteiger partial charge in [0, 0.05) is 4.87 Å². The van der Waals surface area contributed by atoms with E-state index in [1.807, 2.05) is 6.92 Å². The molecule has 0 amide bonds. The van der Waals surface area contributed by atoms with Crippen molar-refractivity contribution in [3.8, 4) is 0 Å². The summed E-state index contributed by atoms with van der Waals surface area (Å²) in [5.41, 5.74) is 0. The number of hydrogen-bond acceptors (Lipinski definition) is 0. The van der Waals surface area contributed by atoms with Gasteiger partial charge in [-0.15, -0.1) is 11.6 Å². The second kappa shape index (κ2) is 4.15. The molecular weight excluding hydrogens is 156 g/mol. The standard InChI is InChI=1S/C10H19Cl/c1-6-7-8(2)9(3)10(4,5)11/h6-9H,1-5H3. The van der Waals surface area contributed by atoms with Gasteiger partial charge in [0.1, 0.15) is 0 Å². The predicted octanol–water partition coefficient (Wildman–Crippen LogP) is 3.85. The van der Waals surface area contributed by atoms with Crippen molar-refractivity contribution in [2.75, 3.05) is 0 Å². The molecule has 0 heterocycles. The van der Waals surface area contributed by atoms with E-state index in [0.29, 0.717) is 11.8 Å². The smallest absolute Gasteiger partial charge is 0.0421 e. The molecule has 0 bridgehead atoms. The van der Waals surface area contributed by atoms with Gasteiger partial charge in [0.15, 0.2) is 0 Å². The van der Waals surface area contributed by atoms with Crippen molar-refractivity contribution >= 4 is 11.6 Å². The van der Waals surface area contributed by atoms with Crippen LogP contribution < -0.4 is 0 Å². The number of allylic oxidation sites excluding steroid dienone is 2. The highest BCUT2D eigenvalue weighted by atomic mass is 35.5. The van der Waals surface area contributed by atoms with Gasteiger partial charge in [0.25, 0.3) is 0 Å². The van der Waals surface area contributed by atoms with Crippen LogP contribution >= 0.6 is 11.6 Å². The normalized spacial score (nSPS) is 18.7. The van der Waals surface area contributed by atoms with E-state index in [0.717, 1.165) is 0 Å². The Morgan fingerprint density at radius 2 is 1.73 bits per heavy atom. The van der Waals surface area contributed by atoms with Gasteiger partial charge in [-0.2, -0.15) is 0 Å². The predicted molar refractivity (Wildman–Crippen MR) is 53.1 cm³/mol. The first-order valence-electron chi connectivity index (χ1n) is 4.21. The fourth-order valence-corrected chi connectivity index (χ4v) is 1.29. The molecule has 2 unspecified atom stereocenters. The third-order valence-electron chi connectivity index (χ3n) is 2.37. The van der Waals surface area contributed by atoms with Gasteiger partial charge in [-0.1, -0.05) is 26.0 Å². The first-order chi connectivity index (χ1) is 4.89. The lowest BCUT2D eigenvalue weighted by molar-refractivity contribution is 0.369. The van der Waals surface area contributed by atoms with Crippen LogP contribution in [0.1, 0.15) is 34.6 Å². The summed E-state index contributed by atoms with van der Waals surface area (Å²) in [5, 5.41) is 0. The summed E-state index contributed by atoms with van der Waals surface area (Å²) >= 11 is 6.18. The molecule has 0 aliphatic heterocycles. The van der Waals surface area contributed by atoms with Crippen molar-refractivity contribution in [1.29, 1.82) is 0 Å². The SMILES string of the molecule is CC=CC(C)C(C)C(C)(C)Cl.